The maximum Gasteiger partial charge on any atom is 0.348 e. The van der Waals surface area contributed by atoms with Crippen LogP contribution in [0.25, 0.3) is 0 Å². The van der Waals surface area contributed by atoms with Gasteiger partial charge in [0.15, 0.2) is 0 Å². The molecular weight excluding hydrogens is 337 g/mol. The summed E-state index contributed by atoms with van der Waals surface area (Å²) in [6.07, 6.45) is 0. The third-order valence-corrected chi connectivity index (χ3v) is 6.40. The monoisotopic (exact) mass is 351 g/mol. The number of halogens is 1. The Morgan fingerprint density at radius 3 is 2.11 bits per heavy atom. The number of rotatable bonds is 7. The van der Waals surface area contributed by atoms with Gasteiger partial charge in [-0.05, 0) is 19.4 Å². The lowest BCUT2D eigenvalue weighted by atomic mass is 10.2. The van der Waals surface area contributed by atoms with E-state index >= 15 is 0 Å². The quantitative estimate of drug-likeness (QED) is 0.317. The molecule has 0 fully saturated rings. The highest BCUT2D eigenvalue weighted by molar-refractivity contribution is 9.10. The fraction of sp³-hybridized carbons (Fsp3) is 0.455. The summed E-state index contributed by atoms with van der Waals surface area (Å²) in [5.41, 5.74) is 0.585. The van der Waals surface area contributed by atoms with Gasteiger partial charge in [-0.2, -0.15) is 0 Å². The van der Waals surface area contributed by atoms with Gasteiger partial charge in [-0.25, -0.2) is 0 Å². The molecule has 0 saturated heterocycles. The molecule has 6 nitrogen and oxygen atoms in total. The highest BCUT2D eigenvalue weighted by atomic mass is 79.9. The lowest BCUT2D eigenvalue weighted by Crippen LogP contribution is -2.02. The van der Waals surface area contributed by atoms with Crippen LogP contribution >= 0.6 is 23.5 Å². The van der Waals surface area contributed by atoms with Crippen LogP contribution in [-0.2, 0) is 13.6 Å². The van der Waals surface area contributed by atoms with E-state index in [1.54, 1.807) is 13.8 Å². The molecule has 0 heterocycles. The first-order chi connectivity index (χ1) is 8.94. The molecule has 0 aliphatic heterocycles. The van der Waals surface area contributed by atoms with Crippen LogP contribution in [0.1, 0.15) is 24.0 Å². The Balaban J connectivity index is 2.99. The van der Waals surface area contributed by atoms with E-state index in [1.807, 2.05) is 0 Å². The summed E-state index contributed by atoms with van der Waals surface area (Å²) in [5, 5.41) is 10.6. The number of alkyl halides is 1. The topological polar surface area (TPSA) is 78.7 Å². The Bertz CT molecular complexity index is 468. The Labute approximate surface area is 119 Å². The molecule has 1 atom stereocenters. The second-order valence-electron chi connectivity index (χ2n) is 3.56. The van der Waals surface area contributed by atoms with E-state index in [0.29, 0.717) is 5.56 Å². The molecule has 19 heavy (non-hydrogen) atoms. The number of benzene rings is 1. The molecule has 0 aromatic heterocycles. The van der Waals surface area contributed by atoms with Crippen molar-refractivity contribution in [2.24, 2.45) is 0 Å². The van der Waals surface area contributed by atoms with Gasteiger partial charge in [0.1, 0.15) is 4.57 Å². The van der Waals surface area contributed by atoms with Crippen molar-refractivity contribution in [1.29, 1.82) is 0 Å². The molecule has 1 aromatic rings. The molecule has 0 bridgehead atoms. The molecule has 0 amide bonds. The van der Waals surface area contributed by atoms with Gasteiger partial charge in [0.2, 0.25) is 0 Å². The van der Waals surface area contributed by atoms with E-state index in [2.05, 4.69) is 15.9 Å². The second-order valence-corrected chi connectivity index (χ2v) is 7.30. The third kappa shape index (κ3) is 4.11. The molecule has 0 aliphatic carbocycles. The largest absolute Gasteiger partial charge is 0.348 e. The zero-order chi connectivity index (χ0) is 14.5. The van der Waals surface area contributed by atoms with E-state index in [-0.39, 0.29) is 18.9 Å². The molecule has 106 valence electrons. The summed E-state index contributed by atoms with van der Waals surface area (Å²) in [6, 6.07) is 5.77. The highest BCUT2D eigenvalue weighted by Crippen LogP contribution is 2.63. The molecule has 0 saturated carbocycles. The predicted molar refractivity (Wildman–Crippen MR) is 75.6 cm³/mol. The summed E-state index contributed by atoms with van der Waals surface area (Å²) in [5.74, 6) is 0. The maximum absolute atomic E-state index is 12.5. The van der Waals surface area contributed by atoms with Crippen molar-refractivity contribution in [1.82, 2.24) is 0 Å². The molecule has 8 heteroatoms. The van der Waals surface area contributed by atoms with Crippen LogP contribution in [0, 0.1) is 10.1 Å². The van der Waals surface area contributed by atoms with Gasteiger partial charge in [-0.15, -0.1) is 0 Å². The molecular formula is C11H15BrNO5P. The van der Waals surface area contributed by atoms with Crippen molar-refractivity contribution in [2.75, 3.05) is 13.2 Å². The summed E-state index contributed by atoms with van der Waals surface area (Å²) in [6.45, 7) is 3.96. The zero-order valence-corrected chi connectivity index (χ0v) is 13.1. The summed E-state index contributed by atoms with van der Waals surface area (Å²) in [4.78, 5) is 10.1. The lowest BCUT2D eigenvalue weighted by molar-refractivity contribution is -0.384. The Hall–Kier alpha value is -0.750. The highest BCUT2D eigenvalue weighted by Gasteiger charge is 2.34. The Morgan fingerprint density at radius 2 is 1.74 bits per heavy atom. The first kappa shape index (κ1) is 16.3. The van der Waals surface area contributed by atoms with E-state index < -0.39 is 17.1 Å². The summed E-state index contributed by atoms with van der Waals surface area (Å²) >= 11 is 3.29. The van der Waals surface area contributed by atoms with Crippen molar-refractivity contribution >= 4 is 29.2 Å². The van der Waals surface area contributed by atoms with Gasteiger partial charge < -0.3 is 9.05 Å². The minimum absolute atomic E-state index is 0.0221. The normalized spacial score (nSPS) is 13.2. The first-order valence-electron chi connectivity index (χ1n) is 5.71. The molecule has 0 aliphatic rings. The van der Waals surface area contributed by atoms with Gasteiger partial charge in [0.05, 0.1) is 18.1 Å². The lowest BCUT2D eigenvalue weighted by Gasteiger charge is -2.22. The Morgan fingerprint density at radius 1 is 1.26 bits per heavy atom. The van der Waals surface area contributed by atoms with Crippen LogP contribution in [-0.4, -0.2) is 18.1 Å². The van der Waals surface area contributed by atoms with Crippen molar-refractivity contribution in [3.05, 3.63) is 39.9 Å². The van der Waals surface area contributed by atoms with E-state index in [1.165, 1.54) is 24.3 Å². The van der Waals surface area contributed by atoms with Gasteiger partial charge in [0, 0.05) is 12.1 Å². The number of hydrogen-bond acceptors (Lipinski definition) is 5. The average molecular weight is 352 g/mol. The maximum atomic E-state index is 12.5. The summed E-state index contributed by atoms with van der Waals surface area (Å²) < 4.78 is 22.3. The number of nitro groups is 1. The van der Waals surface area contributed by atoms with Crippen LogP contribution in [0.15, 0.2) is 24.3 Å². The molecule has 1 unspecified atom stereocenters. The second kappa shape index (κ2) is 7.14. The molecule has 1 rings (SSSR count). The van der Waals surface area contributed by atoms with Gasteiger partial charge in [0.25, 0.3) is 5.69 Å². The molecule has 1 aromatic carbocycles. The number of hydrogen-bond donors (Lipinski definition) is 0. The van der Waals surface area contributed by atoms with Gasteiger partial charge in [-0.1, -0.05) is 28.1 Å². The number of nitrogens with zero attached hydrogens (tertiary/aromatic N) is 1. The van der Waals surface area contributed by atoms with Gasteiger partial charge >= 0.3 is 7.60 Å². The Kier molecular flexibility index (Phi) is 6.13. The van der Waals surface area contributed by atoms with Crippen LogP contribution in [0.4, 0.5) is 5.69 Å². The van der Waals surface area contributed by atoms with Crippen LogP contribution in [0.5, 0.6) is 0 Å². The van der Waals surface area contributed by atoms with E-state index in [0.717, 1.165) is 0 Å². The van der Waals surface area contributed by atoms with Crippen LogP contribution < -0.4 is 0 Å². The first-order valence-corrected chi connectivity index (χ1v) is 8.24. The van der Waals surface area contributed by atoms with Crippen LogP contribution in [0.2, 0.25) is 0 Å². The van der Waals surface area contributed by atoms with Crippen molar-refractivity contribution in [2.45, 2.75) is 18.4 Å². The molecule has 0 N–H and O–H groups in total. The zero-order valence-electron chi connectivity index (χ0n) is 10.6. The van der Waals surface area contributed by atoms with Crippen molar-refractivity contribution in [3.8, 4) is 0 Å². The van der Waals surface area contributed by atoms with Crippen LogP contribution in [0.3, 0.4) is 0 Å². The van der Waals surface area contributed by atoms with Crippen molar-refractivity contribution < 1.29 is 18.5 Å². The van der Waals surface area contributed by atoms with E-state index in [4.69, 9.17) is 9.05 Å². The smallest absolute Gasteiger partial charge is 0.308 e. The number of nitro benzene ring substituents is 1. The standard InChI is InChI=1S/C11H15BrNO5P/c1-3-17-19(16,18-4-2)11(12)9-5-7-10(8-6-9)13(14)15/h5-8,11H,3-4H2,1-2H3. The van der Waals surface area contributed by atoms with Crippen molar-refractivity contribution in [3.63, 3.8) is 0 Å². The fourth-order valence-electron chi connectivity index (χ4n) is 1.47. The average Bonchev–Trinajstić information content (AvgIpc) is 2.38. The van der Waals surface area contributed by atoms with Gasteiger partial charge in [-0.3, -0.25) is 14.7 Å². The third-order valence-electron chi connectivity index (χ3n) is 2.27. The fourth-order valence-corrected chi connectivity index (χ4v) is 4.07. The predicted octanol–water partition coefficient (Wildman–Crippen LogP) is 4.25. The molecule has 0 radical (unpaired) electrons. The number of non-ortho nitro benzene ring substituents is 1. The minimum atomic E-state index is -3.32. The molecule has 0 spiro atoms. The van der Waals surface area contributed by atoms with E-state index in [9.17, 15) is 14.7 Å². The summed E-state index contributed by atoms with van der Waals surface area (Å²) in [7, 11) is -3.32. The minimum Gasteiger partial charge on any atom is -0.308 e. The SMILES string of the molecule is CCOP(=O)(OCC)C(Br)c1ccc([N+](=O)[O-])cc1.